The molecule has 10 nitrogen and oxygen atoms in total. The Morgan fingerprint density at radius 3 is 1.56 bits per heavy atom. The van der Waals surface area contributed by atoms with Crippen LogP contribution in [0.15, 0.2) is 34.3 Å². The number of rotatable bonds is 6. The third kappa shape index (κ3) is 4.48. The van der Waals surface area contributed by atoms with Crippen LogP contribution in [0.4, 0.5) is 10.0 Å². The predicted octanol–water partition coefficient (Wildman–Crippen LogP) is 8.54. The Morgan fingerprint density at radius 1 is 0.756 bits per heavy atom. The van der Waals surface area contributed by atoms with Gasteiger partial charge >= 0.3 is 11.7 Å². The molecule has 0 aliphatic carbocycles. The summed E-state index contributed by atoms with van der Waals surface area (Å²) in [6, 6.07) is 11.2. The molecule has 0 bridgehead atoms. The van der Waals surface area contributed by atoms with Crippen LogP contribution in [0.3, 0.4) is 0 Å². The van der Waals surface area contributed by atoms with E-state index in [0.717, 1.165) is 62.4 Å². The monoisotopic (exact) mass is 626 g/mol. The van der Waals surface area contributed by atoms with E-state index in [9.17, 15) is 0 Å². The fourth-order valence-corrected chi connectivity index (χ4v) is 9.34. The first-order chi connectivity index (χ1) is 20.0. The first kappa shape index (κ1) is 26.5. The number of thiophene rings is 4. The highest BCUT2D eigenvalue weighted by Crippen LogP contribution is 2.53. The molecule has 196 valence electrons. The molecule has 15 heteroatoms. The zero-order chi connectivity index (χ0) is 28.7. The maximum Gasteiger partial charge on any atom is 0.350 e. The normalized spacial score (nSPS) is 11.9. The van der Waals surface area contributed by atoms with Gasteiger partial charge in [0.05, 0.1) is 45.1 Å². The number of aliphatic imine (C=N–C) groups is 2. The number of fused-ring (bicyclic) bond motifs is 6. The Morgan fingerprint density at radius 2 is 1.20 bits per heavy atom. The molecule has 0 saturated heterocycles. The standard InChI is InChI=1S/C26H10N8O2S5/c1-29-17(9-27)31-19-7-13(35-3)25(39-19)15-5-11-21-22(34-41-33-21)12-6-16(38-24(12)23(11)37-15)26-14(36-4)8-20(40-26)32-18(10-28)30-2/h5-8H,3-4H3. The Bertz CT molecular complexity index is 2060. The molecule has 0 saturated carbocycles. The summed E-state index contributed by atoms with van der Waals surface area (Å²) in [7, 11) is 3.15. The van der Waals surface area contributed by atoms with E-state index in [2.05, 4.69) is 40.6 Å². The molecule has 0 atom stereocenters. The molecular weight excluding hydrogens is 617 g/mol. The predicted molar refractivity (Wildman–Crippen MR) is 167 cm³/mol. The van der Waals surface area contributed by atoms with E-state index < -0.39 is 0 Å². The van der Waals surface area contributed by atoms with Gasteiger partial charge in [0, 0.05) is 32.7 Å². The number of nitrogens with zero attached hydrogens (tertiary/aromatic N) is 8. The lowest BCUT2D eigenvalue weighted by Crippen LogP contribution is -1.81. The largest absolute Gasteiger partial charge is 0.495 e. The lowest BCUT2D eigenvalue weighted by Gasteiger charge is -1.97. The molecule has 0 radical (unpaired) electrons. The lowest BCUT2D eigenvalue weighted by atomic mass is 10.1. The van der Waals surface area contributed by atoms with Crippen molar-refractivity contribution in [1.82, 2.24) is 8.75 Å². The number of hydrogen-bond donors (Lipinski definition) is 0. The van der Waals surface area contributed by atoms with Crippen LogP contribution in [0.1, 0.15) is 0 Å². The molecule has 0 aliphatic heterocycles. The van der Waals surface area contributed by atoms with Gasteiger partial charge in [-0.1, -0.05) is 45.8 Å². The van der Waals surface area contributed by atoms with E-state index >= 15 is 0 Å². The van der Waals surface area contributed by atoms with Gasteiger partial charge in [0.2, 0.25) is 10.0 Å². The van der Waals surface area contributed by atoms with Crippen molar-refractivity contribution in [2.24, 2.45) is 9.98 Å². The quantitative estimate of drug-likeness (QED) is 0.104. The molecule has 1 aromatic carbocycles. The van der Waals surface area contributed by atoms with Gasteiger partial charge in [-0.15, -0.1) is 22.7 Å². The van der Waals surface area contributed by atoms with E-state index in [1.807, 2.05) is 0 Å². The topological polar surface area (TPSA) is 125 Å². The number of amidine groups is 2. The summed E-state index contributed by atoms with van der Waals surface area (Å²) in [6.07, 6.45) is 0. The van der Waals surface area contributed by atoms with E-state index in [-0.39, 0.29) is 11.7 Å². The number of hydrogen-bond acceptors (Lipinski definition) is 13. The van der Waals surface area contributed by atoms with Gasteiger partial charge < -0.3 is 19.2 Å². The summed E-state index contributed by atoms with van der Waals surface area (Å²) in [5.41, 5.74) is 1.61. The van der Waals surface area contributed by atoms with Crippen molar-refractivity contribution < 1.29 is 9.47 Å². The second-order valence-corrected chi connectivity index (χ2v) is 12.6. The van der Waals surface area contributed by atoms with Gasteiger partial charge in [0.1, 0.15) is 34.7 Å². The van der Waals surface area contributed by atoms with Crippen molar-refractivity contribution in [2.45, 2.75) is 0 Å². The van der Waals surface area contributed by atoms with Gasteiger partial charge in [-0.3, -0.25) is 0 Å². The molecule has 0 spiro atoms. The first-order valence-corrected chi connectivity index (χ1v) is 15.2. The van der Waals surface area contributed by atoms with Crippen LogP contribution in [-0.4, -0.2) is 34.6 Å². The van der Waals surface area contributed by atoms with Gasteiger partial charge in [-0.05, 0) is 12.1 Å². The summed E-state index contributed by atoms with van der Waals surface area (Å²) in [5.74, 6) is 0.725. The highest BCUT2D eigenvalue weighted by molar-refractivity contribution is 7.33. The molecule has 6 rings (SSSR count). The van der Waals surface area contributed by atoms with Crippen molar-refractivity contribution in [3.8, 4) is 43.1 Å². The minimum atomic E-state index is -0.240. The van der Waals surface area contributed by atoms with E-state index in [1.165, 1.54) is 22.7 Å². The van der Waals surface area contributed by atoms with Gasteiger partial charge in [0.25, 0.3) is 0 Å². The van der Waals surface area contributed by atoms with Crippen molar-refractivity contribution in [1.29, 1.82) is 10.5 Å². The third-order valence-corrected chi connectivity index (χ3v) is 11.1. The average molecular weight is 627 g/mol. The maximum absolute atomic E-state index is 9.13. The maximum atomic E-state index is 9.13. The van der Waals surface area contributed by atoms with E-state index in [4.69, 9.17) is 33.1 Å². The number of nitriles is 2. The zero-order valence-electron chi connectivity index (χ0n) is 20.7. The van der Waals surface area contributed by atoms with Crippen LogP contribution in [0.2, 0.25) is 0 Å². The van der Waals surface area contributed by atoms with E-state index in [0.29, 0.717) is 21.5 Å². The molecular formula is C26H10N8O2S5. The van der Waals surface area contributed by atoms with Crippen molar-refractivity contribution in [3.05, 3.63) is 47.1 Å². The first-order valence-electron chi connectivity index (χ1n) is 11.2. The number of ether oxygens (including phenoxy) is 2. The molecule has 0 amide bonds. The summed E-state index contributed by atoms with van der Waals surface area (Å²) in [4.78, 5) is 18.2. The lowest BCUT2D eigenvalue weighted by molar-refractivity contribution is 0.418. The van der Waals surface area contributed by atoms with Crippen LogP contribution in [-0.2, 0) is 0 Å². The summed E-state index contributed by atoms with van der Waals surface area (Å²) in [6.45, 7) is 14.3. The minimum Gasteiger partial charge on any atom is -0.495 e. The molecule has 5 heterocycles. The Kier molecular flexibility index (Phi) is 6.90. The molecule has 6 aromatic rings. The summed E-state index contributed by atoms with van der Waals surface area (Å²) in [5, 5.41) is 21.2. The van der Waals surface area contributed by atoms with Gasteiger partial charge in [-0.25, -0.2) is 10.5 Å². The van der Waals surface area contributed by atoms with Gasteiger partial charge in [-0.2, -0.15) is 8.75 Å². The Labute approximate surface area is 251 Å². The highest BCUT2D eigenvalue weighted by atomic mass is 32.1. The van der Waals surface area contributed by atoms with Crippen LogP contribution < -0.4 is 9.47 Å². The van der Waals surface area contributed by atoms with Crippen LogP contribution in [0.25, 0.3) is 60.4 Å². The fraction of sp³-hybridized carbons (Fsp3) is 0.0769. The second-order valence-electron chi connectivity index (χ2n) is 7.95. The molecule has 0 aliphatic rings. The molecule has 0 N–H and O–H groups in total. The van der Waals surface area contributed by atoms with Crippen molar-refractivity contribution >= 4 is 110 Å². The number of benzene rings is 1. The number of aromatic nitrogens is 2. The van der Waals surface area contributed by atoms with Crippen molar-refractivity contribution in [3.63, 3.8) is 0 Å². The fourth-order valence-electron chi connectivity index (χ4n) is 4.08. The smallest absolute Gasteiger partial charge is 0.350 e. The number of methoxy groups -OCH3 is 2. The van der Waals surface area contributed by atoms with E-state index in [1.54, 1.807) is 61.2 Å². The van der Waals surface area contributed by atoms with Crippen LogP contribution in [0, 0.1) is 35.8 Å². The molecule has 5 aromatic heterocycles. The molecule has 41 heavy (non-hydrogen) atoms. The van der Waals surface area contributed by atoms with Crippen LogP contribution in [0.5, 0.6) is 11.5 Å². The zero-order valence-corrected chi connectivity index (χ0v) is 24.8. The highest BCUT2D eigenvalue weighted by Gasteiger charge is 2.24. The van der Waals surface area contributed by atoms with Gasteiger partial charge in [0.15, 0.2) is 0 Å². The molecule has 0 unspecified atom stereocenters. The summed E-state index contributed by atoms with van der Waals surface area (Å²) < 4.78 is 22.5. The Balaban J connectivity index is 1.55. The Hall–Kier alpha value is -4.74. The third-order valence-electron chi connectivity index (χ3n) is 5.77. The van der Waals surface area contributed by atoms with Crippen LogP contribution >= 0.6 is 57.1 Å². The molecule has 0 fully saturated rings. The van der Waals surface area contributed by atoms with Crippen molar-refractivity contribution in [2.75, 3.05) is 14.2 Å². The second kappa shape index (κ2) is 10.7. The minimum absolute atomic E-state index is 0.240. The SMILES string of the molecule is [C-]#[N+]C(C#N)=Nc1cc(OC)c(-c2cc3c4nsnc4c4cc(-c5sc(N=C(C#N)[N+]#[C-])cc5OC)sc4c3s2)s1. The average Bonchev–Trinajstić information content (AvgIpc) is 3.81. The summed E-state index contributed by atoms with van der Waals surface area (Å²) >= 11 is 7.03.